The number of benzene rings is 2. The first kappa shape index (κ1) is 23.6. The lowest BCUT2D eigenvalue weighted by molar-refractivity contribution is -0.127. The van der Waals surface area contributed by atoms with Gasteiger partial charge in [-0.3, -0.25) is 14.5 Å². The molecule has 33 heavy (non-hydrogen) atoms. The van der Waals surface area contributed by atoms with Crippen molar-refractivity contribution in [3.8, 4) is 5.75 Å². The predicted molar refractivity (Wildman–Crippen MR) is 130 cm³/mol. The summed E-state index contributed by atoms with van der Waals surface area (Å²) >= 11 is 5.94. The van der Waals surface area contributed by atoms with E-state index in [0.29, 0.717) is 23.7 Å². The molecule has 0 spiro atoms. The van der Waals surface area contributed by atoms with Crippen molar-refractivity contribution in [2.45, 2.75) is 38.3 Å². The Morgan fingerprint density at radius 1 is 1.06 bits per heavy atom. The summed E-state index contributed by atoms with van der Waals surface area (Å²) in [6.45, 7) is 3.96. The van der Waals surface area contributed by atoms with Crippen LogP contribution in [-0.2, 0) is 11.3 Å². The SMILES string of the molecule is COc1cccc(CN2CCC(NC(=O)C3CCCN(C(=O)c4ccc(Cl)cc4)C3)CC2)c1. The molecule has 4 rings (SSSR count). The standard InChI is InChI=1S/C26H32ClN3O3/c1-33-24-6-2-4-19(16-24)17-29-14-11-23(12-15-29)28-25(31)21-5-3-13-30(18-21)26(32)20-7-9-22(27)10-8-20/h2,4,6-10,16,21,23H,3,5,11-15,17-18H2,1H3,(H,28,31). The molecule has 2 heterocycles. The lowest BCUT2D eigenvalue weighted by Crippen LogP contribution is -2.50. The third-order valence-corrected chi connectivity index (χ3v) is 6.90. The second kappa shape index (κ2) is 11.0. The zero-order valence-electron chi connectivity index (χ0n) is 19.1. The van der Waals surface area contributed by atoms with E-state index >= 15 is 0 Å². The molecule has 2 aromatic carbocycles. The van der Waals surface area contributed by atoms with Gasteiger partial charge in [0.1, 0.15) is 5.75 Å². The van der Waals surface area contributed by atoms with Crippen LogP contribution in [0, 0.1) is 5.92 Å². The van der Waals surface area contributed by atoms with Crippen LogP contribution in [-0.4, -0.2) is 60.9 Å². The van der Waals surface area contributed by atoms with Crippen LogP contribution in [0.15, 0.2) is 48.5 Å². The number of nitrogens with one attached hydrogen (secondary N) is 1. The highest BCUT2D eigenvalue weighted by Gasteiger charge is 2.30. The summed E-state index contributed by atoms with van der Waals surface area (Å²) < 4.78 is 5.32. The molecule has 0 radical (unpaired) electrons. The monoisotopic (exact) mass is 469 g/mol. The van der Waals surface area contributed by atoms with Gasteiger partial charge >= 0.3 is 0 Å². The van der Waals surface area contributed by atoms with Gasteiger partial charge in [-0.25, -0.2) is 0 Å². The third kappa shape index (κ3) is 6.27. The number of rotatable bonds is 6. The van der Waals surface area contributed by atoms with Crippen LogP contribution in [0.5, 0.6) is 5.75 Å². The van der Waals surface area contributed by atoms with E-state index in [1.54, 1.807) is 36.3 Å². The molecule has 0 aliphatic carbocycles. The summed E-state index contributed by atoms with van der Waals surface area (Å²) in [4.78, 5) is 30.0. The average molecular weight is 470 g/mol. The number of carbonyl (C=O) groups is 2. The lowest BCUT2D eigenvalue weighted by Gasteiger charge is -2.35. The molecule has 2 saturated heterocycles. The fraction of sp³-hybridized carbons (Fsp3) is 0.462. The van der Waals surface area contributed by atoms with Crippen LogP contribution in [0.3, 0.4) is 0 Å². The van der Waals surface area contributed by atoms with Crippen molar-refractivity contribution in [1.29, 1.82) is 0 Å². The Bertz CT molecular complexity index is 958. The maximum Gasteiger partial charge on any atom is 0.253 e. The first-order valence-electron chi connectivity index (χ1n) is 11.7. The molecule has 7 heteroatoms. The van der Waals surface area contributed by atoms with Gasteiger partial charge < -0.3 is 15.0 Å². The van der Waals surface area contributed by atoms with Crippen LogP contribution in [0.2, 0.25) is 5.02 Å². The van der Waals surface area contributed by atoms with Crippen LogP contribution in [0.4, 0.5) is 0 Å². The summed E-state index contributed by atoms with van der Waals surface area (Å²) in [5.41, 5.74) is 1.85. The van der Waals surface area contributed by atoms with Crippen molar-refractivity contribution in [1.82, 2.24) is 15.1 Å². The van der Waals surface area contributed by atoms with Crippen LogP contribution < -0.4 is 10.1 Å². The van der Waals surface area contributed by atoms with E-state index < -0.39 is 0 Å². The minimum atomic E-state index is -0.148. The van der Waals surface area contributed by atoms with Crippen LogP contribution in [0.25, 0.3) is 0 Å². The number of hydrogen-bond donors (Lipinski definition) is 1. The zero-order chi connectivity index (χ0) is 23.2. The smallest absolute Gasteiger partial charge is 0.253 e. The Hall–Kier alpha value is -2.57. The Morgan fingerprint density at radius 3 is 2.55 bits per heavy atom. The third-order valence-electron chi connectivity index (χ3n) is 6.64. The van der Waals surface area contributed by atoms with E-state index in [4.69, 9.17) is 16.3 Å². The molecule has 1 unspecified atom stereocenters. The molecule has 2 aromatic rings. The molecular weight excluding hydrogens is 438 g/mol. The summed E-state index contributed by atoms with van der Waals surface area (Å²) in [6.07, 6.45) is 3.55. The molecule has 0 aromatic heterocycles. The fourth-order valence-electron chi connectivity index (χ4n) is 4.73. The predicted octanol–water partition coefficient (Wildman–Crippen LogP) is 3.98. The Kier molecular flexibility index (Phi) is 7.89. The van der Waals surface area contributed by atoms with E-state index in [0.717, 1.165) is 51.1 Å². The molecule has 2 aliphatic rings. The van der Waals surface area contributed by atoms with Gasteiger partial charge in [0.25, 0.3) is 5.91 Å². The summed E-state index contributed by atoms with van der Waals surface area (Å²) in [5.74, 6) is 0.778. The van der Waals surface area contributed by atoms with Gasteiger partial charge in [0, 0.05) is 49.4 Å². The van der Waals surface area contributed by atoms with E-state index in [1.165, 1.54) is 5.56 Å². The second-order valence-electron chi connectivity index (χ2n) is 9.01. The second-order valence-corrected chi connectivity index (χ2v) is 9.44. The Balaban J connectivity index is 1.24. The number of ether oxygens (including phenoxy) is 1. The molecule has 2 aliphatic heterocycles. The molecule has 1 N–H and O–H groups in total. The van der Waals surface area contributed by atoms with Crippen molar-refractivity contribution in [3.63, 3.8) is 0 Å². The molecular formula is C26H32ClN3O3. The Morgan fingerprint density at radius 2 is 1.82 bits per heavy atom. The molecule has 176 valence electrons. The number of amides is 2. The molecule has 2 amide bonds. The van der Waals surface area contributed by atoms with Gasteiger partial charge in [-0.05, 0) is 67.6 Å². The average Bonchev–Trinajstić information content (AvgIpc) is 2.85. The number of nitrogens with zero attached hydrogens (tertiary/aromatic N) is 2. The maximum atomic E-state index is 13.0. The summed E-state index contributed by atoms with van der Waals surface area (Å²) in [6, 6.07) is 15.3. The number of halogens is 1. The van der Waals surface area contributed by atoms with Gasteiger partial charge in [0.05, 0.1) is 13.0 Å². The first-order chi connectivity index (χ1) is 16.0. The van der Waals surface area contributed by atoms with Gasteiger partial charge in [0.2, 0.25) is 5.91 Å². The molecule has 0 saturated carbocycles. The number of carbonyl (C=O) groups excluding carboxylic acids is 2. The normalized spacial score (nSPS) is 19.8. The quantitative estimate of drug-likeness (QED) is 0.695. The van der Waals surface area contributed by atoms with Gasteiger partial charge in [0.15, 0.2) is 0 Å². The first-order valence-corrected chi connectivity index (χ1v) is 12.1. The molecule has 1 atom stereocenters. The molecule has 2 fully saturated rings. The van der Waals surface area contributed by atoms with Crippen molar-refractivity contribution in [2.24, 2.45) is 5.92 Å². The number of piperidine rings is 2. The van der Waals surface area contributed by atoms with Crippen molar-refractivity contribution in [3.05, 3.63) is 64.7 Å². The summed E-state index contributed by atoms with van der Waals surface area (Å²) in [7, 11) is 1.69. The van der Waals surface area contributed by atoms with E-state index in [9.17, 15) is 9.59 Å². The number of likely N-dealkylation sites (tertiary alicyclic amines) is 2. The zero-order valence-corrected chi connectivity index (χ0v) is 19.9. The summed E-state index contributed by atoms with van der Waals surface area (Å²) in [5, 5.41) is 3.87. The topological polar surface area (TPSA) is 61.9 Å². The minimum absolute atomic E-state index is 0.0324. The van der Waals surface area contributed by atoms with E-state index in [-0.39, 0.29) is 23.8 Å². The molecule has 6 nitrogen and oxygen atoms in total. The largest absolute Gasteiger partial charge is 0.497 e. The van der Waals surface area contributed by atoms with Crippen molar-refractivity contribution >= 4 is 23.4 Å². The Labute approximate surface area is 200 Å². The van der Waals surface area contributed by atoms with Crippen LogP contribution >= 0.6 is 11.6 Å². The highest BCUT2D eigenvalue weighted by Crippen LogP contribution is 2.22. The van der Waals surface area contributed by atoms with Crippen molar-refractivity contribution < 1.29 is 14.3 Å². The van der Waals surface area contributed by atoms with Gasteiger partial charge in [-0.15, -0.1) is 0 Å². The fourth-order valence-corrected chi connectivity index (χ4v) is 4.86. The van der Waals surface area contributed by atoms with Crippen molar-refractivity contribution in [2.75, 3.05) is 33.3 Å². The minimum Gasteiger partial charge on any atom is -0.497 e. The van der Waals surface area contributed by atoms with E-state index in [2.05, 4.69) is 22.3 Å². The van der Waals surface area contributed by atoms with Gasteiger partial charge in [-0.1, -0.05) is 23.7 Å². The maximum absolute atomic E-state index is 13.0. The lowest BCUT2D eigenvalue weighted by atomic mass is 9.95. The van der Waals surface area contributed by atoms with E-state index in [1.807, 2.05) is 12.1 Å². The highest BCUT2D eigenvalue weighted by atomic mass is 35.5. The van der Waals surface area contributed by atoms with Gasteiger partial charge in [-0.2, -0.15) is 0 Å². The highest BCUT2D eigenvalue weighted by molar-refractivity contribution is 6.30. The number of hydrogen-bond acceptors (Lipinski definition) is 4. The van der Waals surface area contributed by atoms with Crippen LogP contribution in [0.1, 0.15) is 41.6 Å². The number of methoxy groups -OCH3 is 1. The molecule has 0 bridgehead atoms.